The van der Waals surface area contributed by atoms with Gasteiger partial charge in [0.05, 0.1) is 6.42 Å². The van der Waals surface area contributed by atoms with Crippen molar-refractivity contribution >= 4 is 5.97 Å². The third-order valence-corrected chi connectivity index (χ3v) is 2.80. The van der Waals surface area contributed by atoms with Gasteiger partial charge >= 0.3 is 5.97 Å². The fraction of sp³-hybridized carbons (Fsp3) is 0.875. The summed E-state index contributed by atoms with van der Waals surface area (Å²) >= 11 is 0. The Labute approximate surface area is 77.2 Å². The first-order valence-corrected chi connectivity index (χ1v) is 4.44. The fourth-order valence-electron chi connectivity index (χ4n) is 2.12. The Balaban J connectivity index is 0.000000845. The lowest BCUT2D eigenvalue weighted by atomic mass is 10.1. The van der Waals surface area contributed by atoms with Crippen LogP contribution in [0.3, 0.4) is 0 Å². The summed E-state index contributed by atoms with van der Waals surface area (Å²) in [4.78, 5) is 15.2. The highest BCUT2D eigenvalue weighted by Gasteiger charge is 2.32. The summed E-state index contributed by atoms with van der Waals surface area (Å²) in [6.45, 7) is 5.30. The Morgan fingerprint density at radius 2 is 1.92 bits per heavy atom. The molecule has 5 nitrogen and oxygen atoms in total. The van der Waals surface area contributed by atoms with Gasteiger partial charge in [0.1, 0.15) is 0 Å². The van der Waals surface area contributed by atoms with Gasteiger partial charge in [-0.15, -0.1) is 0 Å². The van der Waals surface area contributed by atoms with Gasteiger partial charge in [0.15, 0.2) is 0 Å². The van der Waals surface area contributed by atoms with Crippen LogP contribution in [0.2, 0.25) is 0 Å². The van der Waals surface area contributed by atoms with Crippen molar-refractivity contribution in [2.45, 2.75) is 12.5 Å². The molecule has 3 heterocycles. The van der Waals surface area contributed by atoms with Gasteiger partial charge in [-0.2, -0.15) is 0 Å². The molecular weight excluding hydrogens is 172 g/mol. The number of carbonyl (C=O) groups is 1. The topological polar surface area (TPSA) is 75.3 Å². The van der Waals surface area contributed by atoms with Crippen LogP contribution >= 0.6 is 0 Å². The monoisotopic (exact) mass is 188 g/mol. The van der Waals surface area contributed by atoms with Crippen molar-refractivity contribution in [3.8, 4) is 0 Å². The van der Waals surface area contributed by atoms with Gasteiger partial charge in [-0.1, -0.05) is 0 Å². The average Bonchev–Trinajstić information content (AvgIpc) is 2.05. The van der Waals surface area contributed by atoms with E-state index in [0.717, 1.165) is 32.7 Å². The Morgan fingerprint density at radius 3 is 2.31 bits per heavy atom. The minimum absolute atomic E-state index is 0. The Hall–Kier alpha value is -0.650. The van der Waals surface area contributed by atoms with Crippen molar-refractivity contribution < 1.29 is 15.4 Å². The van der Waals surface area contributed by atoms with Crippen LogP contribution in [0, 0.1) is 0 Å². The fourth-order valence-corrected chi connectivity index (χ4v) is 2.12. The molecule has 3 fully saturated rings. The molecule has 5 heteroatoms. The van der Waals surface area contributed by atoms with Gasteiger partial charge in [-0.3, -0.25) is 14.6 Å². The summed E-state index contributed by atoms with van der Waals surface area (Å²) < 4.78 is 0. The lowest BCUT2D eigenvalue weighted by molar-refractivity contribution is -0.139. The summed E-state index contributed by atoms with van der Waals surface area (Å²) in [6, 6.07) is 0.269. The number of aliphatic carboxylic acids is 1. The number of nitrogens with zero attached hydrogens (tertiary/aromatic N) is 2. The quantitative estimate of drug-likeness (QED) is 0.580. The number of rotatable bonds is 2. The second-order valence-corrected chi connectivity index (χ2v) is 3.59. The second-order valence-electron chi connectivity index (χ2n) is 3.59. The van der Waals surface area contributed by atoms with Crippen LogP contribution in [0.15, 0.2) is 0 Å². The van der Waals surface area contributed by atoms with Gasteiger partial charge in [-0.05, 0) is 0 Å². The third kappa shape index (κ3) is 2.18. The molecule has 0 aromatic rings. The Bertz CT molecular complexity index is 190. The molecular formula is C8H16N2O3. The Kier molecular flexibility index (Phi) is 3.24. The number of hydrogen-bond acceptors (Lipinski definition) is 3. The smallest absolute Gasteiger partial charge is 0.304 e. The number of carboxylic acid groups (broad SMARTS) is 1. The van der Waals surface area contributed by atoms with Crippen LogP contribution in [0.25, 0.3) is 0 Å². The molecule has 3 aliphatic rings. The number of piperazine rings is 3. The van der Waals surface area contributed by atoms with E-state index in [0.29, 0.717) is 6.42 Å². The lowest BCUT2D eigenvalue weighted by Crippen LogP contribution is -2.61. The highest BCUT2D eigenvalue weighted by atomic mass is 16.4. The maximum Gasteiger partial charge on any atom is 0.304 e. The van der Waals surface area contributed by atoms with Crippen LogP contribution in [0.1, 0.15) is 6.42 Å². The molecule has 0 aromatic carbocycles. The summed E-state index contributed by atoms with van der Waals surface area (Å²) in [5.41, 5.74) is 0. The van der Waals surface area contributed by atoms with E-state index in [1.807, 2.05) is 0 Å². The summed E-state index contributed by atoms with van der Waals surface area (Å²) in [5, 5.41) is 8.65. The normalized spacial score (nSPS) is 36.8. The predicted octanol–water partition coefficient (Wildman–Crippen LogP) is -1.36. The van der Waals surface area contributed by atoms with Crippen molar-refractivity contribution in [2.24, 2.45) is 0 Å². The van der Waals surface area contributed by atoms with Crippen LogP contribution < -0.4 is 0 Å². The van der Waals surface area contributed by atoms with Gasteiger partial charge in [-0.25, -0.2) is 0 Å². The lowest BCUT2D eigenvalue weighted by Gasteiger charge is -2.47. The van der Waals surface area contributed by atoms with Crippen molar-refractivity contribution in [3.05, 3.63) is 0 Å². The van der Waals surface area contributed by atoms with Crippen LogP contribution in [-0.4, -0.2) is 65.1 Å². The molecule has 0 aliphatic carbocycles. The van der Waals surface area contributed by atoms with Crippen LogP contribution in [0.5, 0.6) is 0 Å². The van der Waals surface area contributed by atoms with E-state index < -0.39 is 5.97 Å². The number of fused-ring (bicyclic) bond motifs is 3. The molecule has 3 N–H and O–H groups in total. The molecule has 0 spiro atoms. The highest BCUT2D eigenvalue weighted by Crippen LogP contribution is 2.17. The molecule has 2 bridgehead atoms. The molecule has 0 radical (unpaired) electrons. The van der Waals surface area contributed by atoms with Gasteiger partial charge < -0.3 is 10.6 Å². The summed E-state index contributed by atoms with van der Waals surface area (Å²) in [5.74, 6) is -0.672. The van der Waals surface area contributed by atoms with E-state index in [1.54, 1.807) is 0 Å². The minimum atomic E-state index is -0.672. The van der Waals surface area contributed by atoms with Crippen molar-refractivity contribution in [1.29, 1.82) is 0 Å². The highest BCUT2D eigenvalue weighted by molar-refractivity contribution is 5.67. The van der Waals surface area contributed by atoms with Crippen molar-refractivity contribution in [1.82, 2.24) is 9.80 Å². The van der Waals surface area contributed by atoms with Gasteiger partial charge in [0.25, 0.3) is 0 Å². The van der Waals surface area contributed by atoms with Gasteiger partial charge in [0.2, 0.25) is 0 Å². The van der Waals surface area contributed by atoms with Crippen molar-refractivity contribution in [3.63, 3.8) is 0 Å². The average molecular weight is 188 g/mol. The molecule has 1 unspecified atom stereocenters. The van der Waals surface area contributed by atoms with Gasteiger partial charge in [0, 0.05) is 38.8 Å². The van der Waals surface area contributed by atoms with E-state index >= 15 is 0 Å². The summed E-state index contributed by atoms with van der Waals surface area (Å²) in [6.07, 6.45) is 0.302. The molecule has 3 rings (SSSR count). The SMILES string of the molecule is O.O=C(O)CC1CN2CCN1CC2. The molecule has 0 amide bonds. The molecule has 76 valence electrons. The number of carboxylic acids is 1. The van der Waals surface area contributed by atoms with E-state index in [2.05, 4.69) is 9.80 Å². The molecule has 0 saturated carbocycles. The zero-order valence-corrected chi connectivity index (χ0v) is 7.57. The first kappa shape index (κ1) is 10.4. The first-order chi connectivity index (χ1) is 5.75. The van der Waals surface area contributed by atoms with Crippen molar-refractivity contribution in [2.75, 3.05) is 32.7 Å². The molecule has 3 aliphatic heterocycles. The van der Waals surface area contributed by atoms with E-state index in [1.165, 1.54) is 0 Å². The maximum absolute atomic E-state index is 10.5. The molecule has 1 atom stereocenters. The van der Waals surface area contributed by atoms with Crippen LogP contribution in [-0.2, 0) is 4.79 Å². The van der Waals surface area contributed by atoms with E-state index in [-0.39, 0.29) is 11.5 Å². The predicted molar refractivity (Wildman–Crippen MR) is 47.7 cm³/mol. The summed E-state index contributed by atoms with van der Waals surface area (Å²) in [7, 11) is 0. The molecule has 0 aromatic heterocycles. The largest absolute Gasteiger partial charge is 0.481 e. The third-order valence-electron chi connectivity index (χ3n) is 2.80. The molecule has 3 saturated heterocycles. The minimum Gasteiger partial charge on any atom is -0.481 e. The first-order valence-electron chi connectivity index (χ1n) is 4.44. The van der Waals surface area contributed by atoms with E-state index in [9.17, 15) is 4.79 Å². The second kappa shape index (κ2) is 4.04. The van der Waals surface area contributed by atoms with Crippen LogP contribution in [0.4, 0.5) is 0 Å². The Morgan fingerprint density at radius 1 is 1.31 bits per heavy atom. The maximum atomic E-state index is 10.5. The zero-order chi connectivity index (χ0) is 8.55. The van der Waals surface area contributed by atoms with E-state index in [4.69, 9.17) is 5.11 Å². The number of hydrogen-bond donors (Lipinski definition) is 1. The molecule has 13 heavy (non-hydrogen) atoms. The zero-order valence-electron chi connectivity index (χ0n) is 7.57. The standard InChI is InChI=1S/C8H14N2O2.H2O/c11-8(12)5-7-6-9-1-3-10(7)4-2-9;/h7H,1-6H2,(H,11,12);1H2.